The van der Waals surface area contributed by atoms with Crippen molar-refractivity contribution < 1.29 is 5.11 Å². The average Bonchev–Trinajstić information content (AvgIpc) is 2.82. The molecule has 2 heterocycles. The van der Waals surface area contributed by atoms with Crippen molar-refractivity contribution in [2.24, 2.45) is 0 Å². The number of pyridine rings is 1. The average molecular weight is 289 g/mol. The van der Waals surface area contributed by atoms with Crippen molar-refractivity contribution in [3.05, 3.63) is 59.2 Å². The van der Waals surface area contributed by atoms with Gasteiger partial charge < -0.3 is 10.0 Å². The van der Waals surface area contributed by atoms with Crippen LogP contribution in [-0.4, -0.2) is 28.8 Å². The molecule has 3 nitrogen and oxygen atoms in total. The standard InChI is InChI=1S/C16H17ClN2O/c17-14-5-3-4-13(10-14)11-16(20)7-9-19(12-16)15-6-1-2-8-18-15/h1-6,8,10,20H,7,9,11-12H2/t16-/m1/s1. The first-order chi connectivity index (χ1) is 9.65. The van der Waals surface area contributed by atoms with E-state index in [9.17, 15) is 5.11 Å². The van der Waals surface area contributed by atoms with Gasteiger partial charge >= 0.3 is 0 Å². The molecule has 0 amide bonds. The van der Waals surface area contributed by atoms with Crippen molar-refractivity contribution in [2.45, 2.75) is 18.4 Å². The quantitative estimate of drug-likeness (QED) is 0.943. The van der Waals surface area contributed by atoms with Crippen molar-refractivity contribution >= 4 is 17.4 Å². The van der Waals surface area contributed by atoms with Crippen LogP contribution < -0.4 is 4.90 Å². The Balaban J connectivity index is 1.72. The minimum absolute atomic E-state index is 0.608. The van der Waals surface area contributed by atoms with Crippen LogP contribution >= 0.6 is 11.6 Å². The Bertz CT molecular complexity index is 590. The lowest BCUT2D eigenvalue weighted by Gasteiger charge is -2.24. The summed E-state index contributed by atoms with van der Waals surface area (Å²) in [5.41, 5.74) is 0.366. The van der Waals surface area contributed by atoms with E-state index in [2.05, 4.69) is 9.88 Å². The zero-order valence-electron chi connectivity index (χ0n) is 11.2. The Morgan fingerprint density at radius 2 is 2.15 bits per heavy atom. The fourth-order valence-corrected chi connectivity index (χ4v) is 2.98. The molecule has 1 aromatic heterocycles. The maximum atomic E-state index is 10.8. The minimum atomic E-state index is -0.706. The molecule has 1 N–H and O–H groups in total. The summed E-state index contributed by atoms with van der Waals surface area (Å²) < 4.78 is 0. The fraction of sp³-hybridized carbons (Fsp3) is 0.312. The van der Waals surface area contributed by atoms with Crippen molar-refractivity contribution in [2.75, 3.05) is 18.0 Å². The van der Waals surface area contributed by atoms with E-state index in [1.54, 1.807) is 6.20 Å². The molecule has 0 aliphatic carbocycles. The van der Waals surface area contributed by atoms with Crippen LogP contribution in [0.2, 0.25) is 5.02 Å². The normalized spacial score (nSPS) is 22.2. The molecule has 1 aliphatic heterocycles. The lowest BCUT2D eigenvalue weighted by Crippen LogP contribution is -2.35. The molecule has 2 aromatic rings. The van der Waals surface area contributed by atoms with Crippen molar-refractivity contribution in [1.82, 2.24) is 4.98 Å². The second-order valence-corrected chi connectivity index (χ2v) is 5.83. The van der Waals surface area contributed by atoms with Crippen LogP contribution in [-0.2, 0) is 6.42 Å². The highest BCUT2D eigenvalue weighted by Gasteiger charge is 2.36. The minimum Gasteiger partial charge on any atom is -0.388 e. The topological polar surface area (TPSA) is 36.4 Å². The van der Waals surface area contributed by atoms with E-state index in [4.69, 9.17) is 11.6 Å². The summed E-state index contributed by atoms with van der Waals surface area (Å²) >= 11 is 6.00. The molecule has 0 radical (unpaired) electrons. The molecular formula is C16H17ClN2O. The molecule has 104 valence electrons. The molecule has 1 fully saturated rings. The summed E-state index contributed by atoms with van der Waals surface area (Å²) in [5.74, 6) is 0.925. The smallest absolute Gasteiger partial charge is 0.128 e. The molecule has 0 spiro atoms. The third-order valence-corrected chi connectivity index (χ3v) is 3.96. The van der Waals surface area contributed by atoms with Gasteiger partial charge in [-0.25, -0.2) is 4.98 Å². The lowest BCUT2D eigenvalue weighted by atomic mass is 9.94. The number of hydrogen-bond donors (Lipinski definition) is 1. The lowest BCUT2D eigenvalue weighted by molar-refractivity contribution is 0.0637. The van der Waals surface area contributed by atoms with Crippen molar-refractivity contribution in [1.29, 1.82) is 0 Å². The maximum absolute atomic E-state index is 10.8. The van der Waals surface area contributed by atoms with E-state index in [-0.39, 0.29) is 0 Å². The van der Waals surface area contributed by atoms with Gasteiger partial charge in [-0.1, -0.05) is 29.8 Å². The second kappa shape index (κ2) is 5.43. The van der Waals surface area contributed by atoms with Crippen LogP contribution in [0, 0.1) is 0 Å². The van der Waals surface area contributed by atoms with Crippen LogP contribution in [0.3, 0.4) is 0 Å². The Labute approximate surface area is 123 Å². The number of benzene rings is 1. The van der Waals surface area contributed by atoms with Crippen LogP contribution in [0.15, 0.2) is 48.7 Å². The molecule has 0 bridgehead atoms. The number of anilines is 1. The van der Waals surface area contributed by atoms with Crippen LogP contribution in [0.5, 0.6) is 0 Å². The van der Waals surface area contributed by atoms with Gasteiger partial charge in [-0.3, -0.25) is 0 Å². The molecule has 4 heteroatoms. The highest BCUT2D eigenvalue weighted by atomic mass is 35.5. The Hall–Kier alpha value is -1.58. The molecule has 1 saturated heterocycles. The number of hydrogen-bond acceptors (Lipinski definition) is 3. The Morgan fingerprint density at radius 3 is 2.90 bits per heavy atom. The first-order valence-corrected chi connectivity index (χ1v) is 7.15. The predicted molar refractivity (Wildman–Crippen MR) is 81.2 cm³/mol. The summed E-state index contributed by atoms with van der Waals surface area (Å²) in [7, 11) is 0. The van der Waals surface area contributed by atoms with Gasteiger partial charge in [0.25, 0.3) is 0 Å². The van der Waals surface area contributed by atoms with Crippen LogP contribution in [0.25, 0.3) is 0 Å². The van der Waals surface area contributed by atoms with E-state index < -0.39 is 5.60 Å². The van der Waals surface area contributed by atoms with E-state index in [0.717, 1.165) is 24.3 Å². The zero-order valence-corrected chi connectivity index (χ0v) is 11.9. The van der Waals surface area contributed by atoms with Gasteiger partial charge in [-0.15, -0.1) is 0 Å². The molecule has 0 unspecified atom stereocenters. The van der Waals surface area contributed by atoms with Crippen LogP contribution in [0.4, 0.5) is 5.82 Å². The fourth-order valence-electron chi connectivity index (χ4n) is 2.76. The van der Waals surface area contributed by atoms with Gasteiger partial charge in [0, 0.05) is 30.7 Å². The zero-order chi connectivity index (χ0) is 14.0. The van der Waals surface area contributed by atoms with E-state index >= 15 is 0 Å². The first kappa shape index (κ1) is 13.4. The van der Waals surface area contributed by atoms with Gasteiger partial charge in [0.2, 0.25) is 0 Å². The summed E-state index contributed by atoms with van der Waals surface area (Å²) in [4.78, 5) is 6.47. The number of aliphatic hydroxyl groups is 1. The van der Waals surface area contributed by atoms with E-state index in [0.29, 0.717) is 18.0 Å². The van der Waals surface area contributed by atoms with Gasteiger partial charge in [0.1, 0.15) is 5.82 Å². The maximum Gasteiger partial charge on any atom is 0.128 e. The monoisotopic (exact) mass is 288 g/mol. The first-order valence-electron chi connectivity index (χ1n) is 6.77. The Kier molecular flexibility index (Phi) is 3.64. The van der Waals surface area contributed by atoms with Gasteiger partial charge in [-0.05, 0) is 36.2 Å². The van der Waals surface area contributed by atoms with E-state index in [1.807, 2.05) is 42.5 Å². The molecular weight excluding hydrogens is 272 g/mol. The summed E-state index contributed by atoms with van der Waals surface area (Å²) in [6.45, 7) is 1.44. The van der Waals surface area contributed by atoms with Gasteiger partial charge in [-0.2, -0.15) is 0 Å². The second-order valence-electron chi connectivity index (χ2n) is 5.39. The van der Waals surface area contributed by atoms with Crippen LogP contribution in [0.1, 0.15) is 12.0 Å². The number of β-amino-alcohol motifs (C(OH)–C–C–N with tert-alkyl or cyclic N) is 1. The third-order valence-electron chi connectivity index (χ3n) is 3.73. The number of aromatic nitrogens is 1. The molecule has 1 atom stereocenters. The van der Waals surface area contributed by atoms with Crippen molar-refractivity contribution in [3.8, 4) is 0 Å². The summed E-state index contributed by atoms with van der Waals surface area (Å²) in [5, 5.41) is 11.5. The number of halogens is 1. The largest absolute Gasteiger partial charge is 0.388 e. The Morgan fingerprint density at radius 1 is 1.25 bits per heavy atom. The SMILES string of the molecule is O[C@@]1(Cc2cccc(Cl)c2)CCN(c2ccccn2)C1. The molecule has 20 heavy (non-hydrogen) atoms. The van der Waals surface area contributed by atoms with E-state index in [1.165, 1.54) is 0 Å². The number of rotatable bonds is 3. The molecule has 0 saturated carbocycles. The van der Waals surface area contributed by atoms with Crippen molar-refractivity contribution in [3.63, 3.8) is 0 Å². The van der Waals surface area contributed by atoms with Gasteiger partial charge in [0.15, 0.2) is 0 Å². The highest BCUT2D eigenvalue weighted by molar-refractivity contribution is 6.30. The highest BCUT2D eigenvalue weighted by Crippen LogP contribution is 2.29. The predicted octanol–water partition coefficient (Wildman–Crippen LogP) is 2.92. The van der Waals surface area contributed by atoms with Gasteiger partial charge in [0.05, 0.1) is 5.60 Å². The molecule has 1 aliphatic rings. The molecule has 3 rings (SSSR count). The molecule has 1 aromatic carbocycles. The summed E-state index contributed by atoms with van der Waals surface area (Å²) in [6, 6.07) is 13.5. The summed E-state index contributed by atoms with van der Waals surface area (Å²) in [6.07, 6.45) is 3.15. The number of nitrogens with zero attached hydrogens (tertiary/aromatic N) is 2. The third kappa shape index (κ3) is 2.94.